The summed E-state index contributed by atoms with van der Waals surface area (Å²) in [6.07, 6.45) is 2.08. The molecule has 0 saturated carbocycles. The largest absolute Gasteiger partial charge is 0.322 e. The van der Waals surface area contributed by atoms with Gasteiger partial charge in [0, 0.05) is 6.20 Å². The van der Waals surface area contributed by atoms with Gasteiger partial charge in [0.15, 0.2) is 11.6 Å². The molecule has 1 atom stereocenters. The number of nitrogens with zero attached hydrogens (tertiary/aromatic N) is 1. The molecule has 17 heavy (non-hydrogen) atoms. The van der Waals surface area contributed by atoms with Crippen molar-refractivity contribution in [3.05, 3.63) is 65.5 Å². The van der Waals surface area contributed by atoms with Crippen molar-refractivity contribution in [2.24, 2.45) is 5.73 Å². The molecule has 4 heteroatoms. The molecule has 0 aliphatic rings. The van der Waals surface area contributed by atoms with E-state index in [1.165, 1.54) is 6.07 Å². The van der Waals surface area contributed by atoms with Gasteiger partial charge in [0.05, 0.1) is 11.7 Å². The summed E-state index contributed by atoms with van der Waals surface area (Å²) >= 11 is 0. The maximum Gasteiger partial charge on any atom is 0.159 e. The molecule has 0 saturated heterocycles. The number of halogens is 2. The zero-order chi connectivity index (χ0) is 12.3. The van der Waals surface area contributed by atoms with E-state index in [0.717, 1.165) is 17.8 Å². The molecule has 0 spiro atoms. The van der Waals surface area contributed by atoms with Gasteiger partial charge in [-0.3, -0.25) is 4.98 Å². The molecule has 1 heterocycles. The van der Waals surface area contributed by atoms with Gasteiger partial charge in [0.1, 0.15) is 0 Å². The minimum absolute atomic E-state index is 0.318. The first-order valence-electron chi connectivity index (χ1n) is 5.27. The Kier molecular flexibility index (Phi) is 3.44. The summed E-state index contributed by atoms with van der Waals surface area (Å²) in [6.45, 7) is 0. The number of benzene rings is 1. The first kappa shape index (κ1) is 11.7. The van der Waals surface area contributed by atoms with E-state index in [0.29, 0.717) is 12.0 Å². The number of hydrogen-bond donors (Lipinski definition) is 1. The Hall–Kier alpha value is -1.81. The van der Waals surface area contributed by atoms with Crippen molar-refractivity contribution in [3.8, 4) is 0 Å². The summed E-state index contributed by atoms with van der Waals surface area (Å²) in [5, 5.41) is 0. The molecule has 2 rings (SSSR count). The third-order valence-electron chi connectivity index (χ3n) is 2.51. The van der Waals surface area contributed by atoms with Gasteiger partial charge in [-0.15, -0.1) is 0 Å². The second-order valence-corrected chi connectivity index (χ2v) is 3.81. The van der Waals surface area contributed by atoms with Crippen LogP contribution in [-0.4, -0.2) is 4.98 Å². The topological polar surface area (TPSA) is 38.9 Å². The third kappa shape index (κ3) is 2.85. The standard InChI is InChI=1S/C13H12F2N2/c14-10-5-4-9(7-11(10)15)8-12(16)13-3-1-2-6-17-13/h1-7,12H,8,16H2. The van der Waals surface area contributed by atoms with Crippen molar-refractivity contribution in [2.45, 2.75) is 12.5 Å². The normalized spacial score (nSPS) is 12.4. The lowest BCUT2D eigenvalue weighted by Gasteiger charge is -2.10. The van der Waals surface area contributed by atoms with Crippen LogP contribution in [0.4, 0.5) is 8.78 Å². The molecule has 1 aromatic carbocycles. The molecule has 88 valence electrons. The van der Waals surface area contributed by atoms with Gasteiger partial charge in [-0.2, -0.15) is 0 Å². The molecule has 0 radical (unpaired) electrons. The Balaban J connectivity index is 2.13. The van der Waals surface area contributed by atoms with E-state index in [1.807, 2.05) is 12.1 Å². The van der Waals surface area contributed by atoms with E-state index >= 15 is 0 Å². The lowest BCUT2D eigenvalue weighted by atomic mass is 10.0. The minimum Gasteiger partial charge on any atom is -0.322 e. The van der Waals surface area contributed by atoms with Gasteiger partial charge >= 0.3 is 0 Å². The first-order chi connectivity index (χ1) is 8.16. The highest BCUT2D eigenvalue weighted by atomic mass is 19.2. The summed E-state index contributed by atoms with van der Waals surface area (Å²) in [6, 6.07) is 8.93. The molecule has 0 amide bonds. The van der Waals surface area contributed by atoms with Crippen LogP contribution in [0.2, 0.25) is 0 Å². The fraction of sp³-hybridized carbons (Fsp3) is 0.154. The van der Waals surface area contributed by atoms with Crippen molar-refractivity contribution >= 4 is 0 Å². The van der Waals surface area contributed by atoms with Crippen LogP contribution in [0.1, 0.15) is 17.3 Å². The Morgan fingerprint density at radius 2 is 1.94 bits per heavy atom. The number of aromatic nitrogens is 1. The second kappa shape index (κ2) is 5.01. The molecule has 2 N–H and O–H groups in total. The van der Waals surface area contributed by atoms with Gasteiger partial charge in [-0.25, -0.2) is 8.78 Å². The smallest absolute Gasteiger partial charge is 0.159 e. The maximum atomic E-state index is 13.0. The lowest BCUT2D eigenvalue weighted by Crippen LogP contribution is -2.14. The summed E-state index contributed by atoms with van der Waals surface area (Å²) in [5.41, 5.74) is 7.32. The highest BCUT2D eigenvalue weighted by Gasteiger charge is 2.09. The van der Waals surface area contributed by atoms with Crippen LogP contribution in [0.3, 0.4) is 0 Å². The molecule has 1 unspecified atom stereocenters. The minimum atomic E-state index is -0.851. The molecule has 0 bridgehead atoms. The van der Waals surface area contributed by atoms with Crippen LogP contribution in [0.15, 0.2) is 42.6 Å². The summed E-state index contributed by atoms with van der Waals surface area (Å²) in [5.74, 6) is -1.70. The maximum absolute atomic E-state index is 13.0. The quantitative estimate of drug-likeness (QED) is 0.886. The van der Waals surface area contributed by atoms with E-state index < -0.39 is 11.6 Å². The number of hydrogen-bond acceptors (Lipinski definition) is 2. The monoisotopic (exact) mass is 234 g/mol. The number of nitrogens with two attached hydrogens (primary N) is 1. The summed E-state index contributed by atoms with van der Waals surface area (Å²) < 4.78 is 25.7. The van der Waals surface area contributed by atoms with E-state index in [1.54, 1.807) is 12.3 Å². The van der Waals surface area contributed by atoms with Crippen LogP contribution in [0, 0.1) is 11.6 Å². The van der Waals surface area contributed by atoms with Crippen LogP contribution < -0.4 is 5.73 Å². The number of pyridine rings is 1. The van der Waals surface area contributed by atoms with Crippen molar-refractivity contribution in [1.82, 2.24) is 4.98 Å². The Morgan fingerprint density at radius 3 is 2.59 bits per heavy atom. The second-order valence-electron chi connectivity index (χ2n) is 3.81. The summed E-state index contributed by atoms with van der Waals surface area (Å²) in [7, 11) is 0. The lowest BCUT2D eigenvalue weighted by molar-refractivity contribution is 0.506. The van der Waals surface area contributed by atoms with E-state index in [4.69, 9.17) is 5.73 Å². The predicted octanol–water partition coefficient (Wildman–Crippen LogP) is 2.60. The van der Waals surface area contributed by atoms with Gasteiger partial charge in [0.25, 0.3) is 0 Å². The zero-order valence-corrected chi connectivity index (χ0v) is 9.11. The molecule has 2 aromatic rings. The van der Waals surface area contributed by atoms with Crippen molar-refractivity contribution in [1.29, 1.82) is 0 Å². The van der Waals surface area contributed by atoms with Gasteiger partial charge < -0.3 is 5.73 Å². The van der Waals surface area contributed by atoms with Crippen molar-refractivity contribution < 1.29 is 8.78 Å². The van der Waals surface area contributed by atoms with Gasteiger partial charge in [0.2, 0.25) is 0 Å². The average molecular weight is 234 g/mol. The molecule has 2 nitrogen and oxygen atoms in total. The zero-order valence-electron chi connectivity index (χ0n) is 9.11. The van der Waals surface area contributed by atoms with E-state index in [9.17, 15) is 8.78 Å². The van der Waals surface area contributed by atoms with Crippen molar-refractivity contribution in [2.75, 3.05) is 0 Å². The van der Waals surface area contributed by atoms with Crippen LogP contribution >= 0.6 is 0 Å². The first-order valence-corrected chi connectivity index (χ1v) is 5.27. The fourth-order valence-corrected chi connectivity index (χ4v) is 1.62. The molecule has 0 aliphatic carbocycles. The van der Waals surface area contributed by atoms with E-state index in [2.05, 4.69) is 4.98 Å². The molecular formula is C13H12F2N2. The Labute approximate surface area is 98.1 Å². The molecular weight excluding hydrogens is 222 g/mol. The highest BCUT2D eigenvalue weighted by molar-refractivity contribution is 5.21. The molecule has 0 aliphatic heterocycles. The Bertz CT molecular complexity index is 500. The number of rotatable bonds is 3. The van der Waals surface area contributed by atoms with Gasteiger partial charge in [-0.1, -0.05) is 12.1 Å². The van der Waals surface area contributed by atoms with Crippen LogP contribution in [0.5, 0.6) is 0 Å². The Morgan fingerprint density at radius 1 is 1.12 bits per heavy atom. The molecule has 1 aromatic heterocycles. The SMILES string of the molecule is NC(Cc1ccc(F)c(F)c1)c1ccccn1. The molecule has 0 fully saturated rings. The van der Waals surface area contributed by atoms with Crippen molar-refractivity contribution in [3.63, 3.8) is 0 Å². The fourth-order valence-electron chi connectivity index (χ4n) is 1.62. The van der Waals surface area contributed by atoms with E-state index in [-0.39, 0.29) is 6.04 Å². The van der Waals surface area contributed by atoms with Crippen LogP contribution in [0.25, 0.3) is 0 Å². The third-order valence-corrected chi connectivity index (χ3v) is 2.51. The average Bonchev–Trinajstić information content (AvgIpc) is 2.35. The van der Waals surface area contributed by atoms with Gasteiger partial charge in [-0.05, 0) is 36.2 Å². The van der Waals surface area contributed by atoms with Crippen LogP contribution in [-0.2, 0) is 6.42 Å². The summed E-state index contributed by atoms with van der Waals surface area (Å²) in [4.78, 5) is 4.12. The highest BCUT2D eigenvalue weighted by Crippen LogP contribution is 2.16. The predicted molar refractivity (Wildman–Crippen MR) is 61.2 cm³/mol.